The average molecular weight is 696 g/mol. The van der Waals surface area contributed by atoms with Gasteiger partial charge >= 0.3 is 5.97 Å². The Morgan fingerprint density at radius 1 is 1.12 bits per heavy atom. The van der Waals surface area contributed by atoms with Gasteiger partial charge < -0.3 is 29.4 Å². The zero-order chi connectivity index (χ0) is 36.4. The summed E-state index contributed by atoms with van der Waals surface area (Å²) in [5.74, 6) is -1.99. The third-order valence-corrected chi connectivity index (χ3v) is 10.1. The molecule has 11 nitrogen and oxygen atoms in total. The lowest BCUT2D eigenvalue weighted by Crippen LogP contribution is -2.52. The van der Waals surface area contributed by atoms with E-state index < -0.39 is 29.2 Å². The molecule has 1 fully saturated rings. The molecule has 0 bridgehead atoms. The van der Waals surface area contributed by atoms with Gasteiger partial charge in [-0.1, -0.05) is 30.3 Å². The van der Waals surface area contributed by atoms with E-state index in [1.807, 2.05) is 37.3 Å². The smallest absolute Gasteiger partial charge is 0.337 e. The minimum Gasteiger partial charge on any atom is -0.490 e. The van der Waals surface area contributed by atoms with Crippen LogP contribution in [0.5, 0.6) is 5.75 Å². The molecule has 51 heavy (non-hydrogen) atoms. The Hall–Kier alpha value is -5.10. The van der Waals surface area contributed by atoms with Crippen molar-refractivity contribution < 1.29 is 33.4 Å². The number of carboxylic acids is 1. The summed E-state index contributed by atoms with van der Waals surface area (Å²) in [6.45, 7) is 10.1. The first-order valence-corrected chi connectivity index (χ1v) is 17.3. The van der Waals surface area contributed by atoms with Gasteiger partial charge in [-0.2, -0.15) is 0 Å². The number of aromatic nitrogens is 2. The Balaban J connectivity index is 1.31. The molecule has 4 aromatic rings. The van der Waals surface area contributed by atoms with Crippen molar-refractivity contribution in [1.82, 2.24) is 19.8 Å². The van der Waals surface area contributed by atoms with Crippen LogP contribution in [0.2, 0.25) is 0 Å². The fourth-order valence-electron chi connectivity index (χ4n) is 7.61. The zero-order valence-electron chi connectivity index (χ0n) is 29.7. The largest absolute Gasteiger partial charge is 0.490 e. The number of halogens is 1. The molecule has 2 aromatic heterocycles. The summed E-state index contributed by atoms with van der Waals surface area (Å²) in [6.07, 6.45) is 0.798. The highest BCUT2D eigenvalue weighted by molar-refractivity contribution is 6.46. The van der Waals surface area contributed by atoms with Crippen molar-refractivity contribution in [1.29, 1.82) is 0 Å². The van der Waals surface area contributed by atoms with E-state index in [9.17, 15) is 19.5 Å². The number of fused-ring (bicyclic) bond motifs is 2. The molecule has 0 aliphatic carbocycles. The van der Waals surface area contributed by atoms with Gasteiger partial charge in [0.2, 0.25) is 0 Å². The van der Waals surface area contributed by atoms with Crippen LogP contribution in [0.15, 0.2) is 47.5 Å². The van der Waals surface area contributed by atoms with Crippen LogP contribution in [0.3, 0.4) is 0 Å². The van der Waals surface area contributed by atoms with Gasteiger partial charge in [0.1, 0.15) is 22.7 Å². The van der Waals surface area contributed by atoms with Gasteiger partial charge in [-0.25, -0.2) is 14.2 Å². The Morgan fingerprint density at radius 2 is 1.82 bits per heavy atom. The molecule has 2 aromatic carbocycles. The van der Waals surface area contributed by atoms with E-state index in [0.29, 0.717) is 83.8 Å². The van der Waals surface area contributed by atoms with Crippen molar-refractivity contribution in [3.05, 3.63) is 81.9 Å². The second-order valence-corrected chi connectivity index (χ2v) is 14.7. The Bertz CT molecular complexity index is 2130. The maximum Gasteiger partial charge on any atom is 0.337 e. The SMILES string of the molecule is Cc1nc2c(cc(C(=O)N3CCC4(CC3)N=C(c3ccccc3)C(=O)N4)n2C)c(-c2cc(F)c3c(c2C)CCCO3)c1[C@H](OC(C)(C)C)C(=O)O. The number of nitrogens with one attached hydrogen (secondary N) is 1. The maximum atomic E-state index is 15.8. The molecule has 1 atom stereocenters. The van der Waals surface area contributed by atoms with Crippen LogP contribution in [0, 0.1) is 19.7 Å². The second-order valence-electron chi connectivity index (χ2n) is 14.7. The predicted molar refractivity (Wildman–Crippen MR) is 190 cm³/mol. The van der Waals surface area contributed by atoms with E-state index in [2.05, 4.69) is 5.32 Å². The monoisotopic (exact) mass is 695 g/mol. The number of nitrogens with zero attached hydrogens (tertiary/aromatic N) is 4. The van der Waals surface area contributed by atoms with Gasteiger partial charge in [-0.3, -0.25) is 14.6 Å². The number of benzene rings is 2. The van der Waals surface area contributed by atoms with E-state index >= 15 is 4.39 Å². The lowest BCUT2D eigenvalue weighted by atomic mass is 9.86. The minimum atomic E-state index is -1.42. The first-order chi connectivity index (χ1) is 24.2. The highest BCUT2D eigenvalue weighted by atomic mass is 19.1. The molecule has 12 heteroatoms. The summed E-state index contributed by atoms with van der Waals surface area (Å²) < 4.78 is 29.4. The summed E-state index contributed by atoms with van der Waals surface area (Å²) in [4.78, 5) is 51.5. The fraction of sp³-hybridized carbons (Fsp3) is 0.410. The number of amides is 2. The van der Waals surface area contributed by atoms with Crippen LogP contribution < -0.4 is 10.1 Å². The van der Waals surface area contributed by atoms with Gasteiger partial charge in [-0.05, 0) is 70.7 Å². The zero-order valence-corrected chi connectivity index (χ0v) is 29.7. The number of pyridine rings is 1. The summed E-state index contributed by atoms with van der Waals surface area (Å²) in [6, 6.07) is 12.4. The van der Waals surface area contributed by atoms with Gasteiger partial charge in [0.05, 0.1) is 12.2 Å². The van der Waals surface area contributed by atoms with Gasteiger partial charge in [0.25, 0.3) is 11.8 Å². The molecule has 7 rings (SSSR count). The molecule has 2 amide bonds. The summed E-state index contributed by atoms with van der Waals surface area (Å²) in [5.41, 5.74) is 3.49. The topological polar surface area (TPSA) is 135 Å². The first-order valence-electron chi connectivity index (χ1n) is 17.3. The van der Waals surface area contributed by atoms with Crippen molar-refractivity contribution >= 4 is 34.5 Å². The molecular formula is C39H42FN5O6. The number of ether oxygens (including phenoxy) is 2. The van der Waals surface area contributed by atoms with Crippen molar-refractivity contribution in [3.8, 4) is 16.9 Å². The maximum absolute atomic E-state index is 15.8. The van der Waals surface area contributed by atoms with E-state index in [4.69, 9.17) is 19.5 Å². The van der Waals surface area contributed by atoms with Crippen LogP contribution in [0.25, 0.3) is 22.2 Å². The van der Waals surface area contributed by atoms with Crippen LogP contribution in [0.1, 0.15) is 84.6 Å². The molecule has 0 radical (unpaired) electrons. The molecule has 5 heterocycles. The van der Waals surface area contributed by atoms with E-state index in [-0.39, 0.29) is 17.6 Å². The van der Waals surface area contributed by atoms with Crippen LogP contribution >= 0.6 is 0 Å². The van der Waals surface area contributed by atoms with Crippen molar-refractivity contribution in [2.45, 2.75) is 77.7 Å². The van der Waals surface area contributed by atoms with Gasteiger partial charge in [0, 0.05) is 66.3 Å². The van der Waals surface area contributed by atoms with Crippen LogP contribution in [-0.2, 0) is 27.8 Å². The fourth-order valence-corrected chi connectivity index (χ4v) is 7.61. The highest BCUT2D eigenvalue weighted by Gasteiger charge is 2.43. The molecule has 3 aliphatic heterocycles. The van der Waals surface area contributed by atoms with Crippen LogP contribution in [0.4, 0.5) is 4.39 Å². The Morgan fingerprint density at radius 3 is 2.49 bits per heavy atom. The normalized spacial score (nSPS) is 17.6. The molecule has 0 saturated carbocycles. The van der Waals surface area contributed by atoms with E-state index in [1.165, 1.54) is 6.07 Å². The van der Waals surface area contributed by atoms with E-state index in [1.54, 1.807) is 50.3 Å². The molecule has 1 spiro atoms. The number of aryl methyl sites for hydroxylation is 2. The number of hydrogen-bond donors (Lipinski definition) is 2. The van der Waals surface area contributed by atoms with E-state index in [0.717, 1.165) is 23.1 Å². The molecule has 2 N–H and O–H groups in total. The Kier molecular flexibility index (Phi) is 8.48. The average Bonchev–Trinajstić information content (AvgIpc) is 3.60. The number of carbonyl (C=O) groups excluding carboxylic acids is 2. The number of likely N-dealkylation sites (tertiary alicyclic amines) is 1. The molecule has 1 saturated heterocycles. The lowest BCUT2D eigenvalue weighted by molar-refractivity contribution is -0.160. The number of carboxylic acid groups (broad SMARTS) is 1. The summed E-state index contributed by atoms with van der Waals surface area (Å²) in [7, 11) is 1.75. The number of hydrogen-bond acceptors (Lipinski definition) is 7. The quantitative estimate of drug-likeness (QED) is 0.260. The lowest BCUT2D eigenvalue weighted by Gasteiger charge is -2.37. The summed E-state index contributed by atoms with van der Waals surface area (Å²) in [5, 5.41) is 14.1. The molecule has 266 valence electrons. The minimum absolute atomic E-state index is 0.220. The van der Waals surface area contributed by atoms with Crippen LogP contribution in [-0.4, -0.2) is 74.0 Å². The number of rotatable bonds is 6. The Labute approximate surface area is 295 Å². The molecule has 0 unspecified atom stereocenters. The van der Waals surface area contributed by atoms with Gasteiger partial charge in [0.15, 0.2) is 17.7 Å². The third kappa shape index (κ3) is 6.05. The summed E-state index contributed by atoms with van der Waals surface area (Å²) >= 11 is 0. The van der Waals surface area contributed by atoms with Crippen molar-refractivity contribution in [2.24, 2.45) is 12.0 Å². The third-order valence-electron chi connectivity index (χ3n) is 10.1. The van der Waals surface area contributed by atoms with Crippen molar-refractivity contribution in [2.75, 3.05) is 19.7 Å². The number of piperidine rings is 1. The van der Waals surface area contributed by atoms with Crippen molar-refractivity contribution in [3.63, 3.8) is 0 Å². The number of aliphatic carboxylic acids is 1. The molecular weight excluding hydrogens is 653 g/mol. The first kappa shape index (κ1) is 34.4. The predicted octanol–water partition coefficient (Wildman–Crippen LogP) is 5.81. The second kappa shape index (κ2) is 12.6. The molecule has 3 aliphatic rings. The number of aliphatic imine (C=N–C) groups is 1. The van der Waals surface area contributed by atoms with Gasteiger partial charge in [-0.15, -0.1) is 0 Å². The highest BCUT2D eigenvalue weighted by Crippen LogP contribution is 2.45. The number of carbonyl (C=O) groups is 3. The standard InChI is InChI=1S/C39H42FN5O6/c1-21-24-13-10-18-50-32(24)27(40)19-25(21)30-26-20-28(44(6)34(26)41-22(2)29(30)33(37(48)49)51-38(3,4)5)36(47)45-16-14-39(15-17-45)42-31(35(46)43-39)23-11-8-7-9-12-23/h7-9,11-12,19-20,33H,10,13-18H2,1-6H3,(H,43,46)(H,48,49)/t33-/m0/s1.